The van der Waals surface area contributed by atoms with Gasteiger partial charge in [-0.2, -0.15) is 10.1 Å². The third-order valence-corrected chi connectivity index (χ3v) is 5.52. The monoisotopic (exact) mass is 390 g/mol. The zero-order valence-electron chi connectivity index (χ0n) is 16.9. The standard InChI is InChI=1S/C23H26N4O2/c1-3-4-10-22(28)26-20(17-8-6-5-7-9-17)15-21(27-23(26)24-16-25-27)18-11-13-19(29-2)14-12-18/h5-9,11-14,16,20-21H,3-4,10,15H2,1-2H3. The summed E-state index contributed by atoms with van der Waals surface area (Å²) in [4.78, 5) is 19.5. The molecule has 2 aromatic carbocycles. The molecule has 1 aliphatic rings. The summed E-state index contributed by atoms with van der Waals surface area (Å²) in [6, 6.07) is 18.2. The fourth-order valence-electron chi connectivity index (χ4n) is 3.99. The van der Waals surface area contributed by atoms with Gasteiger partial charge in [0.05, 0.1) is 19.2 Å². The van der Waals surface area contributed by atoms with Crippen molar-refractivity contribution in [3.63, 3.8) is 0 Å². The van der Waals surface area contributed by atoms with Gasteiger partial charge in [0.25, 0.3) is 0 Å². The van der Waals surface area contributed by atoms with Crippen LogP contribution in [0.15, 0.2) is 60.9 Å². The van der Waals surface area contributed by atoms with Crippen LogP contribution in [0.25, 0.3) is 0 Å². The van der Waals surface area contributed by atoms with Gasteiger partial charge in [0.15, 0.2) is 0 Å². The summed E-state index contributed by atoms with van der Waals surface area (Å²) < 4.78 is 7.18. The van der Waals surface area contributed by atoms with Crippen LogP contribution in [0.2, 0.25) is 0 Å². The van der Waals surface area contributed by atoms with Crippen molar-refractivity contribution in [2.45, 2.75) is 44.7 Å². The number of ether oxygens (including phenoxy) is 1. The second kappa shape index (κ2) is 8.47. The maximum atomic E-state index is 13.2. The third kappa shape index (κ3) is 3.75. The van der Waals surface area contributed by atoms with Crippen molar-refractivity contribution in [3.8, 4) is 5.75 Å². The van der Waals surface area contributed by atoms with Crippen LogP contribution in [0.4, 0.5) is 5.95 Å². The summed E-state index contributed by atoms with van der Waals surface area (Å²) in [5.41, 5.74) is 2.24. The van der Waals surface area contributed by atoms with Gasteiger partial charge in [0.2, 0.25) is 11.9 Å². The average molecular weight is 390 g/mol. The van der Waals surface area contributed by atoms with Gasteiger partial charge >= 0.3 is 0 Å². The van der Waals surface area contributed by atoms with Crippen molar-refractivity contribution in [2.24, 2.45) is 0 Å². The number of nitrogens with zero attached hydrogens (tertiary/aromatic N) is 4. The summed E-state index contributed by atoms with van der Waals surface area (Å²) in [5, 5.41) is 4.48. The molecule has 1 amide bonds. The van der Waals surface area contributed by atoms with Gasteiger partial charge in [0, 0.05) is 6.42 Å². The number of carbonyl (C=O) groups is 1. The maximum absolute atomic E-state index is 13.2. The average Bonchev–Trinajstić information content (AvgIpc) is 3.26. The third-order valence-electron chi connectivity index (χ3n) is 5.52. The maximum Gasteiger partial charge on any atom is 0.231 e. The van der Waals surface area contributed by atoms with Gasteiger partial charge in [0.1, 0.15) is 12.1 Å². The lowest BCUT2D eigenvalue weighted by Crippen LogP contribution is -2.42. The van der Waals surface area contributed by atoms with E-state index in [1.807, 2.05) is 39.9 Å². The molecule has 0 N–H and O–H groups in total. The topological polar surface area (TPSA) is 60.2 Å². The first kappa shape index (κ1) is 19.2. The molecule has 4 rings (SSSR count). The zero-order valence-corrected chi connectivity index (χ0v) is 16.9. The predicted octanol–water partition coefficient (Wildman–Crippen LogP) is 4.54. The number of rotatable bonds is 6. The largest absolute Gasteiger partial charge is 0.497 e. The van der Waals surface area contributed by atoms with Crippen LogP contribution in [0, 0.1) is 0 Å². The van der Waals surface area contributed by atoms with Gasteiger partial charge in [-0.3, -0.25) is 9.69 Å². The zero-order chi connectivity index (χ0) is 20.2. The molecule has 29 heavy (non-hydrogen) atoms. The summed E-state index contributed by atoms with van der Waals surface area (Å²) >= 11 is 0. The molecule has 6 nitrogen and oxygen atoms in total. The molecule has 0 saturated carbocycles. The Morgan fingerprint density at radius 1 is 1.07 bits per heavy atom. The number of aromatic nitrogens is 3. The molecule has 2 unspecified atom stereocenters. The fourth-order valence-corrected chi connectivity index (χ4v) is 3.99. The highest BCUT2D eigenvalue weighted by molar-refractivity contribution is 5.92. The van der Waals surface area contributed by atoms with E-state index >= 15 is 0 Å². The van der Waals surface area contributed by atoms with E-state index in [2.05, 4.69) is 41.3 Å². The molecule has 2 heterocycles. The molecule has 0 aliphatic carbocycles. The van der Waals surface area contributed by atoms with E-state index in [4.69, 9.17) is 4.74 Å². The molecule has 0 spiro atoms. The smallest absolute Gasteiger partial charge is 0.231 e. The predicted molar refractivity (Wildman–Crippen MR) is 112 cm³/mol. The molecule has 0 saturated heterocycles. The molecular formula is C23H26N4O2. The van der Waals surface area contributed by atoms with E-state index in [1.54, 1.807) is 13.4 Å². The fraction of sp³-hybridized carbons (Fsp3) is 0.348. The molecule has 1 aromatic heterocycles. The Hall–Kier alpha value is -3.15. The molecule has 3 aromatic rings. The molecule has 6 heteroatoms. The lowest BCUT2D eigenvalue weighted by atomic mass is 9.91. The number of amides is 1. The first-order valence-corrected chi connectivity index (χ1v) is 10.1. The van der Waals surface area contributed by atoms with Gasteiger partial charge in [-0.05, 0) is 36.1 Å². The van der Waals surface area contributed by atoms with E-state index in [-0.39, 0.29) is 18.0 Å². The lowest BCUT2D eigenvalue weighted by Gasteiger charge is -2.39. The molecule has 0 radical (unpaired) electrons. The van der Waals surface area contributed by atoms with E-state index in [1.165, 1.54) is 0 Å². The Kier molecular flexibility index (Phi) is 5.60. The Morgan fingerprint density at radius 3 is 2.48 bits per heavy atom. The molecule has 0 bridgehead atoms. The van der Waals surface area contributed by atoms with Crippen molar-refractivity contribution in [1.29, 1.82) is 0 Å². The quantitative estimate of drug-likeness (QED) is 0.620. The Labute approximate surface area is 171 Å². The van der Waals surface area contributed by atoms with Crippen molar-refractivity contribution in [1.82, 2.24) is 14.8 Å². The number of fused-ring (bicyclic) bond motifs is 1. The molecule has 1 aliphatic heterocycles. The second-order valence-corrected chi connectivity index (χ2v) is 7.32. The molecular weight excluding hydrogens is 364 g/mol. The minimum absolute atomic E-state index is 0.00108. The number of benzene rings is 2. The highest BCUT2D eigenvalue weighted by atomic mass is 16.5. The number of hydrogen-bond donors (Lipinski definition) is 0. The number of hydrogen-bond acceptors (Lipinski definition) is 4. The van der Waals surface area contributed by atoms with E-state index < -0.39 is 0 Å². The molecule has 2 atom stereocenters. The van der Waals surface area contributed by atoms with Crippen LogP contribution in [0.1, 0.15) is 55.8 Å². The Morgan fingerprint density at radius 2 is 1.79 bits per heavy atom. The van der Waals surface area contributed by atoms with Gasteiger partial charge in [-0.1, -0.05) is 55.8 Å². The van der Waals surface area contributed by atoms with E-state index in [0.717, 1.165) is 36.1 Å². The van der Waals surface area contributed by atoms with Crippen molar-refractivity contribution >= 4 is 11.9 Å². The highest BCUT2D eigenvalue weighted by Gasteiger charge is 2.38. The summed E-state index contributed by atoms with van der Waals surface area (Å²) in [6.45, 7) is 2.10. The summed E-state index contributed by atoms with van der Waals surface area (Å²) in [6.07, 6.45) is 4.65. The first-order valence-electron chi connectivity index (χ1n) is 10.1. The Balaban J connectivity index is 1.77. The van der Waals surface area contributed by atoms with Crippen LogP contribution in [0.5, 0.6) is 5.75 Å². The van der Waals surface area contributed by atoms with Gasteiger partial charge < -0.3 is 4.74 Å². The lowest BCUT2D eigenvalue weighted by molar-refractivity contribution is -0.119. The van der Waals surface area contributed by atoms with Crippen LogP contribution in [-0.2, 0) is 4.79 Å². The van der Waals surface area contributed by atoms with Crippen molar-refractivity contribution in [2.75, 3.05) is 12.0 Å². The minimum atomic E-state index is -0.0793. The summed E-state index contributed by atoms with van der Waals surface area (Å²) in [7, 11) is 1.66. The summed E-state index contributed by atoms with van der Waals surface area (Å²) in [5.74, 6) is 1.54. The van der Waals surface area contributed by atoms with Crippen molar-refractivity contribution in [3.05, 3.63) is 72.1 Å². The number of unbranched alkanes of at least 4 members (excludes halogenated alkanes) is 1. The normalized spacial score (nSPS) is 18.3. The number of methoxy groups -OCH3 is 1. The molecule has 150 valence electrons. The van der Waals surface area contributed by atoms with Crippen LogP contribution in [0.3, 0.4) is 0 Å². The second-order valence-electron chi connectivity index (χ2n) is 7.32. The van der Waals surface area contributed by atoms with Crippen molar-refractivity contribution < 1.29 is 9.53 Å². The van der Waals surface area contributed by atoms with Crippen LogP contribution >= 0.6 is 0 Å². The van der Waals surface area contributed by atoms with E-state index in [0.29, 0.717) is 12.4 Å². The SMILES string of the molecule is CCCCC(=O)N1c2ncnn2C(c2ccc(OC)cc2)CC1c1ccccc1. The van der Waals surface area contributed by atoms with Crippen LogP contribution < -0.4 is 9.64 Å². The first-order chi connectivity index (χ1) is 14.2. The Bertz CT molecular complexity index is 953. The highest BCUT2D eigenvalue weighted by Crippen LogP contribution is 2.42. The van der Waals surface area contributed by atoms with E-state index in [9.17, 15) is 4.79 Å². The van der Waals surface area contributed by atoms with Gasteiger partial charge in [-0.15, -0.1) is 0 Å². The number of carbonyl (C=O) groups excluding carboxylic acids is 1. The van der Waals surface area contributed by atoms with Gasteiger partial charge in [-0.25, -0.2) is 4.68 Å². The molecule has 0 fully saturated rings. The number of anilines is 1. The van der Waals surface area contributed by atoms with Crippen LogP contribution in [-0.4, -0.2) is 27.8 Å². The minimum Gasteiger partial charge on any atom is -0.497 e.